The summed E-state index contributed by atoms with van der Waals surface area (Å²) in [6.45, 7) is 2.02. The second-order valence-electron chi connectivity index (χ2n) is 9.14. The minimum Gasteiger partial charge on any atom is -0.503 e. The van der Waals surface area contributed by atoms with Crippen LogP contribution in [0.25, 0.3) is 11.0 Å². The molecule has 7 heteroatoms. The second kappa shape index (κ2) is 9.00. The van der Waals surface area contributed by atoms with Gasteiger partial charge in [0.25, 0.3) is 5.91 Å². The van der Waals surface area contributed by atoms with Crippen LogP contribution in [0.3, 0.4) is 0 Å². The number of ketones is 1. The number of carbonyl (C=O) groups excluding carboxylic acids is 2. The van der Waals surface area contributed by atoms with Crippen molar-refractivity contribution in [2.24, 2.45) is 0 Å². The summed E-state index contributed by atoms with van der Waals surface area (Å²) in [4.78, 5) is 35.3. The molecular formula is C29H25N3O4. The van der Waals surface area contributed by atoms with Crippen molar-refractivity contribution in [1.29, 1.82) is 0 Å². The van der Waals surface area contributed by atoms with Crippen LogP contribution >= 0.6 is 0 Å². The number of piperidine rings is 1. The van der Waals surface area contributed by atoms with E-state index in [2.05, 4.69) is 9.88 Å². The Balaban J connectivity index is 1.40. The molecule has 2 aliphatic heterocycles. The lowest BCUT2D eigenvalue weighted by Gasteiger charge is -2.30. The monoisotopic (exact) mass is 479 g/mol. The Morgan fingerprint density at radius 1 is 0.917 bits per heavy atom. The number of amides is 1. The molecule has 0 bridgehead atoms. The molecule has 180 valence electrons. The lowest BCUT2D eigenvalue weighted by Crippen LogP contribution is -2.32. The normalized spacial score (nSPS) is 18.3. The first-order valence-corrected chi connectivity index (χ1v) is 12.2. The van der Waals surface area contributed by atoms with Crippen LogP contribution in [0.5, 0.6) is 0 Å². The molecule has 0 saturated carbocycles. The number of nitrogens with zero attached hydrogens (tertiary/aromatic N) is 3. The fourth-order valence-corrected chi connectivity index (χ4v) is 5.12. The van der Waals surface area contributed by atoms with Crippen molar-refractivity contribution in [1.82, 2.24) is 4.98 Å². The molecule has 6 rings (SSSR count). The van der Waals surface area contributed by atoms with Crippen molar-refractivity contribution in [3.63, 3.8) is 0 Å². The zero-order valence-corrected chi connectivity index (χ0v) is 19.6. The summed E-state index contributed by atoms with van der Waals surface area (Å²) in [5.74, 6) is -1.71. The number of carbonyl (C=O) groups is 2. The van der Waals surface area contributed by atoms with Gasteiger partial charge in [-0.25, -0.2) is 0 Å². The van der Waals surface area contributed by atoms with Crippen LogP contribution in [0.2, 0.25) is 0 Å². The van der Waals surface area contributed by atoms with Gasteiger partial charge in [0.2, 0.25) is 5.78 Å². The van der Waals surface area contributed by atoms with Crippen LogP contribution in [0, 0.1) is 0 Å². The third kappa shape index (κ3) is 3.73. The lowest BCUT2D eigenvalue weighted by atomic mass is 9.98. The van der Waals surface area contributed by atoms with Gasteiger partial charge in [-0.2, -0.15) is 0 Å². The summed E-state index contributed by atoms with van der Waals surface area (Å²) >= 11 is 0. The number of pyridine rings is 1. The topological polar surface area (TPSA) is 86.9 Å². The molecular weight excluding hydrogens is 454 g/mol. The van der Waals surface area contributed by atoms with Crippen LogP contribution < -0.4 is 9.80 Å². The molecule has 7 nitrogen and oxygen atoms in total. The van der Waals surface area contributed by atoms with Gasteiger partial charge in [0.05, 0.1) is 11.3 Å². The van der Waals surface area contributed by atoms with Crippen molar-refractivity contribution >= 4 is 34.0 Å². The molecule has 1 fully saturated rings. The lowest BCUT2D eigenvalue weighted by molar-refractivity contribution is -0.117. The van der Waals surface area contributed by atoms with E-state index in [0.717, 1.165) is 24.2 Å². The summed E-state index contributed by atoms with van der Waals surface area (Å²) in [6, 6.07) is 21.0. The third-order valence-electron chi connectivity index (χ3n) is 6.92. The number of fused-ring (bicyclic) bond motifs is 1. The zero-order valence-electron chi connectivity index (χ0n) is 19.6. The maximum Gasteiger partial charge on any atom is 0.294 e. The van der Waals surface area contributed by atoms with E-state index in [1.807, 2.05) is 42.5 Å². The Labute approximate surface area is 208 Å². The summed E-state index contributed by atoms with van der Waals surface area (Å²) < 4.78 is 5.78. The average Bonchev–Trinajstić information content (AvgIpc) is 3.48. The van der Waals surface area contributed by atoms with Gasteiger partial charge in [0, 0.05) is 36.0 Å². The highest BCUT2D eigenvalue weighted by molar-refractivity contribution is 6.20. The number of rotatable bonds is 5. The van der Waals surface area contributed by atoms with E-state index >= 15 is 0 Å². The highest BCUT2D eigenvalue weighted by Gasteiger charge is 2.46. The first kappa shape index (κ1) is 22.1. The first-order chi connectivity index (χ1) is 17.6. The summed E-state index contributed by atoms with van der Waals surface area (Å²) in [7, 11) is 0. The van der Waals surface area contributed by atoms with Gasteiger partial charge in [0.15, 0.2) is 11.5 Å². The molecule has 0 spiro atoms. The molecule has 4 aromatic rings. The Hall–Kier alpha value is -4.39. The fraction of sp³-hybridized carbons (Fsp3) is 0.207. The average molecular weight is 480 g/mol. The number of hydrogen-bond donors (Lipinski definition) is 1. The summed E-state index contributed by atoms with van der Waals surface area (Å²) in [5, 5.41) is 11.7. The van der Waals surface area contributed by atoms with Crippen molar-refractivity contribution in [2.45, 2.75) is 25.3 Å². The number of aliphatic hydroxyl groups excluding tert-OH is 1. The van der Waals surface area contributed by atoms with Gasteiger partial charge in [-0.1, -0.05) is 24.3 Å². The highest BCUT2D eigenvalue weighted by Crippen LogP contribution is 2.42. The van der Waals surface area contributed by atoms with E-state index in [1.54, 1.807) is 36.5 Å². The van der Waals surface area contributed by atoms with E-state index in [-0.39, 0.29) is 11.3 Å². The fourth-order valence-electron chi connectivity index (χ4n) is 5.12. The number of benzene rings is 2. The molecule has 2 aromatic carbocycles. The number of Topliss-reactive ketones (excluding diaryl/α,β-unsaturated/α-hetero) is 1. The van der Waals surface area contributed by atoms with Crippen LogP contribution in [0.15, 0.2) is 94.7 Å². The number of furan rings is 1. The van der Waals surface area contributed by atoms with E-state index in [4.69, 9.17) is 4.42 Å². The molecule has 1 unspecified atom stereocenters. The number of para-hydroxylation sites is 1. The number of aromatic nitrogens is 1. The molecule has 2 aromatic heterocycles. The Bertz CT molecular complexity index is 1430. The highest BCUT2D eigenvalue weighted by atomic mass is 16.3. The molecule has 1 N–H and O–H groups in total. The van der Waals surface area contributed by atoms with Crippen molar-refractivity contribution in [2.75, 3.05) is 22.9 Å². The van der Waals surface area contributed by atoms with E-state index in [0.29, 0.717) is 17.0 Å². The number of anilines is 2. The van der Waals surface area contributed by atoms with E-state index in [1.165, 1.54) is 24.2 Å². The molecule has 4 heterocycles. The molecule has 0 aliphatic carbocycles. The molecule has 1 atom stereocenters. The minimum atomic E-state index is -0.889. The van der Waals surface area contributed by atoms with Crippen molar-refractivity contribution < 1.29 is 19.1 Å². The maximum atomic E-state index is 13.7. The van der Waals surface area contributed by atoms with Crippen LogP contribution in [0.1, 0.15) is 41.6 Å². The second-order valence-corrected chi connectivity index (χ2v) is 9.14. The minimum absolute atomic E-state index is 0.0436. The first-order valence-electron chi connectivity index (χ1n) is 12.2. The van der Waals surface area contributed by atoms with Crippen LogP contribution in [-0.4, -0.2) is 34.9 Å². The van der Waals surface area contributed by atoms with Gasteiger partial charge in [0.1, 0.15) is 11.6 Å². The standard InChI is InChI=1S/C29H25N3O4/c33-27(24-18-19-8-2-3-10-23(19)36-24)25-26(22-9-4-5-15-30-22)32(29(35)28(25)34)21-13-11-20(12-14-21)31-16-6-1-7-17-31/h2-5,8-15,18,26,34H,1,6-7,16-17H2. The number of hydrogen-bond acceptors (Lipinski definition) is 6. The van der Waals surface area contributed by atoms with Crippen LogP contribution in [0.4, 0.5) is 11.4 Å². The largest absolute Gasteiger partial charge is 0.503 e. The molecule has 2 aliphatic rings. The molecule has 0 radical (unpaired) electrons. The van der Waals surface area contributed by atoms with E-state index < -0.39 is 23.5 Å². The Kier molecular flexibility index (Phi) is 5.52. The quantitative estimate of drug-likeness (QED) is 0.375. The van der Waals surface area contributed by atoms with Gasteiger partial charge < -0.3 is 14.4 Å². The van der Waals surface area contributed by atoms with Gasteiger partial charge in [-0.15, -0.1) is 0 Å². The third-order valence-corrected chi connectivity index (χ3v) is 6.92. The predicted octanol–water partition coefficient (Wildman–Crippen LogP) is 5.60. The smallest absolute Gasteiger partial charge is 0.294 e. The Morgan fingerprint density at radius 3 is 2.36 bits per heavy atom. The Morgan fingerprint density at radius 2 is 1.64 bits per heavy atom. The van der Waals surface area contributed by atoms with Gasteiger partial charge in [-0.05, 0) is 67.8 Å². The van der Waals surface area contributed by atoms with E-state index in [9.17, 15) is 14.7 Å². The molecule has 1 saturated heterocycles. The molecule has 1 amide bonds. The molecule has 36 heavy (non-hydrogen) atoms. The summed E-state index contributed by atoms with van der Waals surface area (Å²) in [5.41, 5.74) is 2.67. The maximum absolute atomic E-state index is 13.7. The van der Waals surface area contributed by atoms with Gasteiger partial charge in [-0.3, -0.25) is 19.5 Å². The van der Waals surface area contributed by atoms with Gasteiger partial charge >= 0.3 is 0 Å². The predicted molar refractivity (Wildman–Crippen MR) is 137 cm³/mol. The summed E-state index contributed by atoms with van der Waals surface area (Å²) in [6.07, 6.45) is 5.18. The SMILES string of the molecule is O=C(C1=C(O)C(=O)N(c2ccc(N3CCCCC3)cc2)C1c1ccccn1)c1cc2ccccc2o1. The van der Waals surface area contributed by atoms with Crippen molar-refractivity contribution in [3.8, 4) is 0 Å². The zero-order chi connectivity index (χ0) is 24.6. The van der Waals surface area contributed by atoms with Crippen molar-refractivity contribution in [3.05, 3.63) is 102 Å². The number of aliphatic hydroxyl groups is 1. The van der Waals surface area contributed by atoms with Crippen LogP contribution in [-0.2, 0) is 4.79 Å².